The third-order valence-electron chi connectivity index (χ3n) is 3.77. The summed E-state index contributed by atoms with van der Waals surface area (Å²) >= 11 is 6.07. The fraction of sp³-hybridized carbons (Fsp3) is 0.462. The molecule has 5 nitrogen and oxygen atoms in total. The van der Waals surface area contributed by atoms with Gasteiger partial charge in [-0.1, -0.05) is 18.0 Å². The molecule has 1 aliphatic rings. The largest absolute Gasteiger partial charge is 0.481 e. The Morgan fingerprint density at radius 1 is 1.74 bits per heavy atom. The van der Waals surface area contributed by atoms with Crippen molar-refractivity contribution in [3.8, 4) is 6.07 Å². The van der Waals surface area contributed by atoms with Crippen molar-refractivity contribution in [2.45, 2.75) is 32.2 Å². The van der Waals surface area contributed by atoms with E-state index in [9.17, 15) is 9.90 Å². The molecule has 6 heteroatoms. The lowest BCUT2D eigenvalue weighted by molar-refractivity contribution is -0.147. The summed E-state index contributed by atoms with van der Waals surface area (Å²) < 4.78 is 0. The van der Waals surface area contributed by atoms with Crippen molar-refractivity contribution < 1.29 is 9.90 Å². The minimum Gasteiger partial charge on any atom is -0.481 e. The zero-order valence-electron chi connectivity index (χ0n) is 10.5. The lowest BCUT2D eigenvalue weighted by atomic mass is 9.85. The number of carboxylic acids is 1. The second-order valence-corrected chi connectivity index (χ2v) is 5.32. The van der Waals surface area contributed by atoms with E-state index in [0.29, 0.717) is 17.8 Å². The van der Waals surface area contributed by atoms with Crippen LogP contribution in [0.1, 0.15) is 31.7 Å². The van der Waals surface area contributed by atoms with Crippen molar-refractivity contribution >= 4 is 23.4 Å². The van der Waals surface area contributed by atoms with Gasteiger partial charge in [0.25, 0.3) is 0 Å². The van der Waals surface area contributed by atoms with Crippen LogP contribution in [0.15, 0.2) is 12.3 Å². The van der Waals surface area contributed by atoms with E-state index in [1.807, 2.05) is 6.07 Å². The van der Waals surface area contributed by atoms with E-state index in [1.165, 1.54) is 12.3 Å². The van der Waals surface area contributed by atoms with Gasteiger partial charge < -0.3 is 10.4 Å². The Balaban J connectivity index is 2.27. The Kier molecular flexibility index (Phi) is 3.63. The van der Waals surface area contributed by atoms with Gasteiger partial charge in [-0.2, -0.15) is 5.26 Å². The van der Waals surface area contributed by atoms with Crippen molar-refractivity contribution in [2.75, 3.05) is 5.32 Å². The Morgan fingerprint density at radius 3 is 3.11 bits per heavy atom. The Hall–Kier alpha value is -1.80. The van der Waals surface area contributed by atoms with Crippen molar-refractivity contribution in [1.82, 2.24) is 4.98 Å². The van der Waals surface area contributed by atoms with Gasteiger partial charge in [0.1, 0.15) is 16.9 Å². The summed E-state index contributed by atoms with van der Waals surface area (Å²) in [5.41, 5.74) is -0.498. The molecule has 2 rings (SSSR count). The van der Waals surface area contributed by atoms with Crippen molar-refractivity contribution in [3.05, 3.63) is 22.8 Å². The number of aromatic nitrogens is 1. The molecule has 1 fully saturated rings. The van der Waals surface area contributed by atoms with Gasteiger partial charge in [0.15, 0.2) is 0 Å². The number of nitrogens with zero attached hydrogens (tertiary/aromatic N) is 2. The summed E-state index contributed by atoms with van der Waals surface area (Å²) in [5.74, 6) is -0.449. The number of aliphatic carboxylic acids is 1. The van der Waals surface area contributed by atoms with E-state index in [1.54, 1.807) is 6.92 Å². The van der Waals surface area contributed by atoms with Gasteiger partial charge in [0.2, 0.25) is 0 Å². The van der Waals surface area contributed by atoms with Crippen LogP contribution in [0.2, 0.25) is 5.02 Å². The van der Waals surface area contributed by atoms with Crippen LogP contribution in [0.5, 0.6) is 0 Å². The molecule has 0 aliphatic heterocycles. The average Bonchev–Trinajstić information content (AvgIpc) is 2.75. The molecule has 1 heterocycles. The number of carbonyl (C=O) groups is 1. The zero-order valence-corrected chi connectivity index (χ0v) is 11.2. The molecule has 1 aliphatic carbocycles. The van der Waals surface area contributed by atoms with Crippen LogP contribution in [-0.2, 0) is 4.79 Å². The molecule has 0 aromatic carbocycles. The summed E-state index contributed by atoms with van der Waals surface area (Å²) in [6, 6.07) is 3.27. The Bertz CT molecular complexity index is 555. The lowest BCUT2D eigenvalue weighted by Crippen LogP contribution is -2.40. The van der Waals surface area contributed by atoms with Gasteiger partial charge in [-0.25, -0.2) is 4.98 Å². The lowest BCUT2D eigenvalue weighted by Gasteiger charge is -2.28. The third kappa shape index (κ3) is 2.36. The van der Waals surface area contributed by atoms with E-state index in [-0.39, 0.29) is 11.1 Å². The number of anilines is 1. The third-order valence-corrected chi connectivity index (χ3v) is 4.15. The number of nitrogens with one attached hydrogen (secondary N) is 1. The average molecular weight is 280 g/mol. The molecular weight excluding hydrogens is 266 g/mol. The first-order valence-corrected chi connectivity index (χ1v) is 6.41. The number of pyridine rings is 1. The fourth-order valence-electron chi connectivity index (χ4n) is 2.45. The van der Waals surface area contributed by atoms with Crippen LogP contribution in [0.4, 0.5) is 5.82 Å². The molecule has 1 aromatic heterocycles. The Morgan fingerprint density at radius 2 is 2.47 bits per heavy atom. The maximum atomic E-state index is 11.4. The van der Waals surface area contributed by atoms with Crippen LogP contribution in [0.25, 0.3) is 0 Å². The smallest absolute Gasteiger partial charge is 0.311 e. The van der Waals surface area contributed by atoms with Crippen LogP contribution in [0, 0.1) is 16.7 Å². The quantitative estimate of drug-likeness (QED) is 0.888. The molecule has 2 N–H and O–H groups in total. The van der Waals surface area contributed by atoms with Gasteiger partial charge in [0.05, 0.1) is 11.0 Å². The first-order chi connectivity index (χ1) is 8.99. The molecule has 2 unspecified atom stereocenters. The van der Waals surface area contributed by atoms with Gasteiger partial charge in [0, 0.05) is 12.2 Å². The number of carboxylic acid groups (broad SMARTS) is 1. The summed E-state index contributed by atoms with van der Waals surface area (Å²) in [5, 5.41) is 21.6. The summed E-state index contributed by atoms with van der Waals surface area (Å²) in [7, 11) is 0. The van der Waals surface area contributed by atoms with E-state index < -0.39 is 11.4 Å². The Labute approximate surface area is 116 Å². The molecule has 0 radical (unpaired) electrons. The van der Waals surface area contributed by atoms with Crippen LogP contribution < -0.4 is 5.32 Å². The number of nitriles is 1. The van der Waals surface area contributed by atoms with Crippen LogP contribution in [-0.4, -0.2) is 22.1 Å². The van der Waals surface area contributed by atoms with Crippen LogP contribution >= 0.6 is 11.6 Å². The van der Waals surface area contributed by atoms with Gasteiger partial charge >= 0.3 is 5.97 Å². The van der Waals surface area contributed by atoms with E-state index >= 15 is 0 Å². The van der Waals surface area contributed by atoms with Gasteiger partial charge in [-0.15, -0.1) is 0 Å². The highest BCUT2D eigenvalue weighted by atomic mass is 35.5. The van der Waals surface area contributed by atoms with Gasteiger partial charge in [-0.05, 0) is 25.8 Å². The number of hydrogen-bond acceptors (Lipinski definition) is 4. The SMILES string of the molecule is CC1(C(=O)O)CCCC1Nc1nccc(C#N)c1Cl. The van der Waals surface area contributed by atoms with Crippen molar-refractivity contribution in [2.24, 2.45) is 5.41 Å². The number of halogens is 1. The molecular formula is C13H14ClN3O2. The standard InChI is InChI=1S/C13H14ClN3O2/c1-13(12(18)19)5-2-3-9(13)17-11-10(14)8(7-15)4-6-16-11/h4,6,9H,2-3,5H2,1H3,(H,16,17)(H,18,19). The highest BCUT2D eigenvalue weighted by Crippen LogP contribution is 2.40. The predicted octanol–water partition coefficient (Wildman–Crippen LogP) is 2.66. The summed E-state index contributed by atoms with van der Waals surface area (Å²) in [6.07, 6.45) is 3.70. The zero-order chi connectivity index (χ0) is 14.0. The summed E-state index contributed by atoms with van der Waals surface area (Å²) in [6.45, 7) is 1.72. The number of hydrogen-bond donors (Lipinski definition) is 2. The molecule has 1 aromatic rings. The first kappa shape index (κ1) is 13.6. The van der Waals surface area contributed by atoms with E-state index in [2.05, 4.69) is 10.3 Å². The molecule has 0 saturated heterocycles. The maximum absolute atomic E-state index is 11.4. The molecule has 2 atom stereocenters. The normalized spacial score (nSPS) is 25.8. The summed E-state index contributed by atoms with van der Waals surface area (Å²) in [4.78, 5) is 15.5. The maximum Gasteiger partial charge on any atom is 0.311 e. The van der Waals surface area contributed by atoms with Crippen molar-refractivity contribution in [3.63, 3.8) is 0 Å². The molecule has 1 saturated carbocycles. The molecule has 100 valence electrons. The van der Waals surface area contributed by atoms with Crippen molar-refractivity contribution in [1.29, 1.82) is 5.26 Å². The van der Waals surface area contributed by atoms with Crippen LogP contribution in [0.3, 0.4) is 0 Å². The molecule has 0 spiro atoms. The van der Waals surface area contributed by atoms with E-state index in [0.717, 1.165) is 12.8 Å². The first-order valence-electron chi connectivity index (χ1n) is 6.03. The highest BCUT2D eigenvalue weighted by Gasteiger charge is 2.45. The van der Waals surface area contributed by atoms with Gasteiger partial charge in [-0.3, -0.25) is 4.79 Å². The monoisotopic (exact) mass is 279 g/mol. The minimum absolute atomic E-state index is 0.232. The second kappa shape index (κ2) is 5.06. The minimum atomic E-state index is -0.826. The predicted molar refractivity (Wildman–Crippen MR) is 71.0 cm³/mol. The number of rotatable bonds is 3. The molecule has 19 heavy (non-hydrogen) atoms. The van der Waals surface area contributed by atoms with E-state index in [4.69, 9.17) is 16.9 Å². The molecule has 0 bridgehead atoms. The topological polar surface area (TPSA) is 86.0 Å². The highest BCUT2D eigenvalue weighted by molar-refractivity contribution is 6.34. The fourth-order valence-corrected chi connectivity index (χ4v) is 2.66. The second-order valence-electron chi connectivity index (χ2n) is 4.94. The molecule has 0 amide bonds.